The highest BCUT2D eigenvalue weighted by Crippen LogP contribution is 2.24. The van der Waals surface area contributed by atoms with Gasteiger partial charge in [-0.15, -0.1) is 0 Å². The van der Waals surface area contributed by atoms with Gasteiger partial charge in [-0.05, 0) is 31.9 Å². The highest BCUT2D eigenvalue weighted by molar-refractivity contribution is 6.32. The molecule has 1 aromatic rings. The molecule has 0 aliphatic rings. The van der Waals surface area contributed by atoms with E-state index < -0.39 is 0 Å². The number of hydrogen-bond donors (Lipinski definition) is 1. The van der Waals surface area contributed by atoms with Crippen LogP contribution in [0.5, 0.6) is 0 Å². The highest BCUT2D eigenvalue weighted by Gasteiger charge is 2.08. The topological polar surface area (TPSA) is 24.9 Å². The van der Waals surface area contributed by atoms with Crippen LogP contribution in [0.2, 0.25) is 5.15 Å². The zero-order valence-corrected chi connectivity index (χ0v) is 11.1. The van der Waals surface area contributed by atoms with Crippen molar-refractivity contribution in [3.8, 4) is 0 Å². The van der Waals surface area contributed by atoms with Gasteiger partial charge in [-0.25, -0.2) is 4.98 Å². The highest BCUT2D eigenvalue weighted by atomic mass is 35.5. The molecule has 2 nitrogen and oxygen atoms in total. The maximum absolute atomic E-state index is 6.06. The summed E-state index contributed by atoms with van der Waals surface area (Å²) in [6.07, 6.45) is 6.75. The van der Waals surface area contributed by atoms with Crippen molar-refractivity contribution in [3.63, 3.8) is 0 Å². The molecule has 16 heavy (non-hydrogen) atoms. The fourth-order valence-corrected chi connectivity index (χ4v) is 1.98. The Morgan fingerprint density at radius 1 is 1.44 bits per heavy atom. The molecule has 1 aromatic heterocycles. The second-order valence-electron chi connectivity index (χ2n) is 4.33. The van der Waals surface area contributed by atoms with Crippen molar-refractivity contribution in [3.05, 3.63) is 23.0 Å². The largest absolute Gasteiger partial charge is 0.380 e. The number of aromatic nitrogens is 1. The fourth-order valence-electron chi connectivity index (χ4n) is 1.72. The van der Waals surface area contributed by atoms with Crippen LogP contribution in [0.25, 0.3) is 0 Å². The SMILES string of the molecule is CCCCCC(C)Nc1c(C)ccnc1Cl. The van der Waals surface area contributed by atoms with E-state index in [1.807, 2.05) is 6.07 Å². The Morgan fingerprint density at radius 3 is 2.81 bits per heavy atom. The molecule has 90 valence electrons. The molecule has 1 unspecified atom stereocenters. The molecule has 3 heteroatoms. The van der Waals surface area contributed by atoms with Crippen molar-refractivity contribution in [2.24, 2.45) is 0 Å². The van der Waals surface area contributed by atoms with E-state index >= 15 is 0 Å². The van der Waals surface area contributed by atoms with Gasteiger partial charge in [-0.2, -0.15) is 0 Å². The Hall–Kier alpha value is -0.760. The Kier molecular flexibility index (Phi) is 5.61. The first-order valence-electron chi connectivity index (χ1n) is 6.02. The van der Waals surface area contributed by atoms with Gasteiger partial charge in [0.15, 0.2) is 5.15 Å². The third-order valence-corrected chi connectivity index (χ3v) is 3.03. The average molecular weight is 241 g/mol. The van der Waals surface area contributed by atoms with Crippen LogP contribution in [-0.2, 0) is 0 Å². The van der Waals surface area contributed by atoms with Crippen LogP contribution in [0.1, 0.15) is 45.1 Å². The summed E-state index contributed by atoms with van der Waals surface area (Å²) in [5.74, 6) is 0. The first-order chi connectivity index (χ1) is 7.65. The first-order valence-corrected chi connectivity index (χ1v) is 6.40. The van der Waals surface area contributed by atoms with Gasteiger partial charge in [0, 0.05) is 12.2 Å². The monoisotopic (exact) mass is 240 g/mol. The predicted molar refractivity (Wildman–Crippen MR) is 71.2 cm³/mol. The lowest BCUT2D eigenvalue weighted by molar-refractivity contribution is 0.615. The van der Waals surface area contributed by atoms with Gasteiger partial charge >= 0.3 is 0 Å². The summed E-state index contributed by atoms with van der Waals surface area (Å²) in [6, 6.07) is 2.43. The summed E-state index contributed by atoms with van der Waals surface area (Å²) in [7, 11) is 0. The van der Waals surface area contributed by atoms with Gasteiger partial charge in [-0.1, -0.05) is 37.8 Å². The van der Waals surface area contributed by atoms with Gasteiger partial charge in [0.25, 0.3) is 0 Å². The number of halogens is 1. The van der Waals surface area contributed by atoms with Crippen molar-refractivity contribution >= 4 is 17.3 Å². The summed E-state index contributed by atoms with van der Waals surface area (Å²) in [5, 5.41) is 4.01. The maximum atomic E-state index is 6.06. The average Bonchev–Trinajstić information content (AvgIpc) is 2.24. The summed E-state index contributed by atoms with van der Waals surface area (Å²) < 4.78 is 0. The molecule has 1 N–H and O–H groups in total. The second kappa shape index (κ2) is 6.74. The zero-order valence-electron chi connectivity index (χ0n) is 10.4. The van der Waals surface area contributed by atoms with E-state index in [1.54, 1.807) is 6.20 Å². The standard InChI is InChI=1S/C13H21ClN2/c1-4-5-6-7-11(3)16-12-10(2)8-9-15-13(12)14/h8-9,11,16H,4-7H2,1-3H3. The minimum atomic E-state index is 0.451. The molecule has 1 heterocycles. The lowest BCUT2D eigenvalue weighted by Crippen LogP contribution is -2.16. The van der Waals surface area contributed by atoms with Crippen molar-refractivity contribution in [1.82, 2.24) is 4.98 Å². The Morgan fingerprint density at radius 2 is 2.19 bits per heavy atom. The molecule has 0 amide bonds. The molecule has 0 fully saturated rings. The number of unbranched alkanes of at least 4 members (excludes halogenated alkanes) is 2. The molecule has 1 atom stereocenters. The zero-order chi connectivity index (χ0) is 12.0. The molecule has 0 aromatic carbocycles. The smallest absolute Gasteiger partial charge is 0.152 e. The quantitative estimate of drug-likeness (QED) is 0.588. The number of anilines is 1. The maximum Gasteiger partial charge on any atom is 0.152 e. The normalized spacial score (nSPS) is 12.5. The second-order valence-corrected chi connectivity index (χ2v) is 4.69. The number of rotatable bonds is 6. The van der Waals surface area contributed by atoms with E-state index in [-0.39, 0.29) is 0 Å². The van der Waals surface area contributed by atoms with E-state index in [9.17, 15) is 0 Å². The van der Waals surface area contributed by atoms with E-state index in [0.717, 1.165) is 11.3 Å². The van der Waals surface area contributed by atoms with Crippen LogP contribution < -0.4 is 5.32 Å². The van der Waals surface area contributed by atoms with Crippen molar-refractivity contribution in [2.75, 3.05) is 5.32 Å². The third kappa shape index (κ3) is 4.01. The number of nitrogens with one attached hydrogen (secondary N) is 1. The summed E-state index contributed by atoms with van der Waals surface area (Å²) in [4.78, 5) is 4.09. The fraction of sp³-hybridized carbons (Fsp3) is 0.615. The lowest BCUT2D eigenvalue weighted by Gasteiger charge is -2.17. The van der Waals surface area contributed by atoms with Gasteiger partial charge in [-0.3, -0.25) is 0 Å². The van der Waals surface area contributed by atoms with Crippen molar-refractivity contribution in [1.29, 1.82) is 0 Å². The van der Waals surface area contributed by atoms with E-state index in [1.165, 1.54) is 25.7 Å². The van der Waals surface area contributed by atoms with E-state index in [0.29, 0.717) is 11.2 Å². The molecule has 1 rings (SSSR count). The first kappa shape index (κ1) is 13.3. The Balaban J connectivity index is 2.52. The van der Waals surface area contributed by atoms with E-state index in [4.69, 9.17) is 11.6 Å². The molecular weight excluding hydrogens is 220 g/mol. The Labute approximate surface area is 103 Å². The van der Waals surface area contributed by atoms with Gasteiger partial charge in [0.2, 0.25) is 0 Å². The van der Waals surface area contributed by atoms with Gasteiger partial charge in [0.1, 0.15) is 0 Å². The molecule has 0 aliphatic heterocycles. The number of aryl methyl sites for hydroxylation is 1. The van der Waals surface area contributed by atoms with Crippen molar-refractivity contribution in [2.45, 2.75) is 52.5 Å². The minimum absolute atomic E-state index is 0.451. The number of pyridine rings is 1. The number of hydrogen-bond acceptors (Lipinski definition) is 2. The van der Waals surface area contributed by atoms with Crippen LogP contribution in [0.4, 0.5) is 5.69 Å². The number of nitrogens with zero attached hydrogens (tertiary/aromatic N) is 1. The van der Waals surface area contributed by atoms with Crippen LogP contribution >= 0.6 is 11.6 Å². The van der Waals surface area contributed by atoms with E-state index in [2.05, 4.69) is 31.1 Å². The Bertz CT molecular complexity index is 305. The molecule has 0 saturated carbocycles. The minimum Gasteiger partial charge on any atom is -0.380 e. The van der Waals surface area contributed by atoms with Crippen LogP contribution in [-0.4, -0.2) is 11.0 Å². The molecule has 0 spiro atoms. The lowest BCUT2D eigenvalue weighted by atomic mass is 10.1. The summed E-state index contributed by atoms with van der Waals surface area (Å²) >= 11 is 6.06. The molecule has 0 aliphatic carbocycles. The molecule has 0 radical (unpaired) electrons. The third-order valence-electron chi connectivity index (χ3n) is 2.74. The predicted octanol–water partition coefficient (Wildman–Crippen LogP) is 4.42. The van der Waals surface area contributed by atoms with Gasteiger partial charge < -0.3 is 5.32 Å². The van der Waals surface area contributed by atoms with Crippen LogP contribution in [0.15, 0.2) is 12.3 Å². The van der Waals surface area contributed by atoms with Gasteiger partial charge in [0.05, 0.1) is 5.69 Å². The van der Waals surface area contributed by atoms with Crippen LogP contribution in [0.3, 0.4) is 0 Å². The van der Waals surface area contributed by atoms with Crippen molar-refractivity contribution < 1.29 is 0 Å². The molecule has 0 saturated heterocycles. The van der Waals surface area contributed by atoms with Crippen LogP contribution in [0, 0.1) is 6.92 Å². The molecular formula is C13H21ClN2. The summed E-state index contributed by atoms with van der Waals surface area (Å²) in [5.41, 5.74) is 2.13. The summed E-state index contributed by atoms with van der Waals surface area (Å²) in [6.45, 7) is 6.47. The molecule has 0 bridgehead atoms.